The molecule has 0 aliphatic heterocycles. The second-order valence-electron chi connectivity index (χ2n) is 3.50. The fourth-order valence-electron chi connectivity index (χ4n) is 1.22. The minimum Gasteiger partial charge on any atom is -0.389 e. The van der Waals surface area contributed by atoms with E-state index in [9.17, 15) is 0 Å². The third-order valence-electron chi connectivity index (χ3n) is 2.04. The van der Waals surface area contributed by atoms with Gasteiger partial charge in [0.1, 0.15) is 0 Å². The maximum Gasteiger partial charge on any atom is 0.0693 e. The molecule has 1 aromatic rings. The first-order chi connectivity index (χ1) is 7.22. The molecule has 0 radical (unpaired) electrons. The fraction of sp³-hybridized carbons (Fsp3) is 0.385. The summed E-state index contributed by atoms with van der Waals surface area (Å²) in [5.74, 6) is 0. The minimum absolute atomic E-state index is 0.351. The first-order valence-corrected chi connectivity index (χ1v) is 6.18. The van der Waals surface area contributed by atoms with Gasteiger partial charge in [-0.2, -0.15) is 0 Å². The summed E-state index contributed by atoms with van der Waals surface area (Å²) in [6, 6.07) is 10.4. The lowest BCUT2D eigenvalue weighted by Crippen LogP contribution is -1.99. The van der Waals surface area contributed by atoms with Crippen LogP contribution in [0.5, 0.6) is 0 Å². The summed E-state index contributed by atoms with van der Waals surface area (Å²) in [6.45, 7) is 3.93. The molecular weight excluding hydrogens is 204 g/mol. The Morgan fingerprint density at radius 1 is 1.27 bits per heavy atom. The predicted molar refractivity (Wildman–Crippen MR) is 67.2 cm³/mol. The lowest BCUT2D eigenvalue weighted by Gasteiger charge is -2.09. The van der Waals surface area contributed by atoms with Crippen molar-refractivity contribution in [3.63, 3.8) is 0 Å². The van der Waals surface area contributed by atoms with Gasteiger partial charge in [0.2, 0.25) is 0 Å². The molecule has 82 valence electrons. The highest BCUT2D eigenvalue weighted by molar-refractivity contribution is 8.00. The van der Waals surface area contributed by atoms with Crippen LogP contribution in [-0.2, 0) is 0 Å². The maximum absolute atomic E-state index is 9.17. The number of hydrogen-bond donors (Lipinski definition) is 1. The van der Waals surface area contributed by atoms with Crippen LogP contribution in [0.2, 0.25) is 0 Å². The highest BCUT2D eigenvalue weighted by Gasteiger charge is 2.03. The first-order valence-electron chi connectivity index (χ1n) is 5.30. The van der Waals surface area contributed by atoms with E-state index in [1.54, 1.807) is 6.92 Å². The van der Waals surface area contributed by atoms with E-state index in [4.69, 9.17) is 5.11 Å². The second-order valence-corrected chi connectivity index (χ2v) is 4.82. The molecule has 2 heteroatoms. The third kappa shape index (κ3) is 5.05. The van der Waals surface area contributed by atoms with Gasteiger partial charge < -0.3 is 5.11 Å². The number of aliphatic hydroxyl groups is 1. The van der Waals surface area contributed by atoms with Gasteiger partial charge in [0.25, 0.3) is 0 Å². The van der Waals surface area contributed by atoms with Crippen LogP contribution in [-0.4, -0.2) is 16.5 Å². The molecule has 0 aromatic heterocycles. The molecule has 0 bridgehead atoms. The monoisotopic (exact) mass is 222 g/mol. The molecular formula is C13H18OS. The topological polar surface area (TPSA) is 20.2 Å². The molecule has 0 saturated carbocycles. The van der Waals surface area contributed by atoms with Crippen molar-refractivity contribution in [1.82, 2.24) is 0 Å². The molecule has 1 nitrogen and oxygen atoms in total. The van der Waals surface area contributed by atoms with E-state index < -0.39 is 0 Å². The molecule has 0 spiro atoms. The molecule has 1 rings (SSSR count). The largest absolute Gasteiger partial charge is 0.389 e. The van der Waals surface area contributed by atoms with Gasteiger partial charge in [0.15, 0.2) is 0 Å². The van der Waals surface area contributed by atoms with Gasteiger partial charge in [-0.05, 0) is 25.5 Å². The summed E-state index contributed by atoms with van der Waals surface area (Å²) in [4.78, 5) is 1.28. The zero-order valence-electron chi connectivity index (χ0n) is 9.26. The van der Waals surface area contributed by atoms with E-state index in [0.717, 1.165) is 6.42 Å². The Kier molecular flexibility index (Phi) is 5.51. The summed E-state index contributed by atoms with van der Waals surface area (Å²) in [7, 11) is 0. The number of hydrogen-bond acceptors (Lipinski definition) is 2. The molecule has 0 saturated heterocycles. The van der Waals surface area contributed by atoms with Crippen molar-refractivity contribution in [1.29, 1.82) is 0 Å². The quantitative estimate of drug-likeness (QED) is 0.608. The zero-order chi connectivity index (χ0) is 11.1. The third-order valence-corrected chi connectivity index (χ3v) is 3.37. The van der Waals surface area contributed by atoms with Crippen molar-refractivity contribution in [3.05, 3.63) is 42.5 Å². The molecule has 0 aliphatic carbocycles. The number of aliphatic hydroxyl groups excluding tert-OH is 1. The summed E-state index contributed by atoms with van der Waals surface area (Å²) in [6.07, 6.45) is 4.66. The number of benzene rings is 1. The van der Waals surface area contributed by atoms with Crippen molar-refractivity contribution in [2.75, 3.05) is 0 Å². The van der Waals surface area contributed by atoms with Crippen LogP contribution in [0.25, 0.3) is 0 Å². The van der Waals surface area contributed by atoms with Gasteiger partial charge in [-0.25, -0.2) is 0 Å². The van der Waals surface area contributed by atoms with Gasteiger partial charge in [0, 0.05) is 10.1 Å². The Hall–Kier alpha value is -0.730. The number of rotatable bonds is 5. The van der Waals surface area contributed by atoms with Crippen LogP contribution < -0.4 is 0 Å². The molecule has 0 amide bonds. The van der Waals surface area contributed by atoms with Gasteiger partial charge in [0.05, 0.1) is 6.10 Å². The second kappa shape index (κ2) is 6.70. The van der Waals surface area contributed by atoms with E-state index in [0.29, 0.717) is 5.25 Å². The fourth-order valence-corrected chi connectivity index (χ4v) is 2.22. The molecule has 0 aliphatic rings. The maximum atomic E-state index is 9.17. The molecule has 0 unspecified atom stereocenters. The van der Waals surface area contributed by atoms with Crippen LogP contribution in [0.4, 0.5) is 0 Å². The Balaban J connectivity index is 2.54. The highest BCUT2D eigenvalue weighted by atomic mass is 32.2. The van der Waals surface area contributed by atoms with Crippen LogP contribution in [0, 0.1) is 0 Å². The summed E-state index contributed by atoms with van der Waals surface area (Å²) in [5, 5.41) is 9.61. The summed E-state index contributed by atoms with van der Waals surface area (Å²) >= 11 is 1.83. The molecule has 1 N–H and O–H groups in total. The average molecular weight is 222 g/mol. The predicted octanol–water partition coefficient (Wildman–Crippen LogP) is 3.49. The van der Waals surface area contributed by atoms with E-state index in [1.807, 2.05) is 36.0 Å². The summed E-state index contributed by atoms with van der Waals surface area (Å²) in [5.41, 5.74) is 0. The standard InChI is InChI=1S/C13H18OS/c1-3-12(10-9-11(2)14)15-13-7-5-4-6-8-13/h4-12,14H,3H2,1-2H3/b10-9+/t11-,12-/m1/s1. The Morgan fingerprint density at radius 3 is 2.47 bits per heavy atom. The normalized spacial score (nSPS) is 15.4. The van der Waals surface area contributed by atoms with Crippen molar-refractivity contribution >= 4 is 11.8 Å². The van der Waals surface area contributed by atoms with Gasteiger partial charge in [-0.3, -0.25) is 0 Å². The zero-order valence-corrected chi connectivity index (χ0v) is 10.1. The average Bonchev–Trinajstić information content (AvgIpc) is 2.25. The SMILES string of the molecule is CC[C@H](/C=C/[C@@H](C)O)Sc1ccccc1. The highest BCUT2D eigenvalue weighted by Crippen LogP contribution is 2.25. The van der Waals surface area contributed by atoms with Gasteiger partial charge in [-0.15, -0.1) is 11.8 Å². The van der Waals surface area contributed by atoms with Crippen LogP contribution in [0.15, 0.2) is 47.4 Å². The van der Waals surface area contributed by atoms with Crippen molar-refractivity contribution in [2.24, 2.45) is 0 Å². The van der Waals surface area contributed by atoms with Crippen molar-refractivity contribution in [3.8, 4) is 0 Å². The lowest BCUT2D eigenvalue weighted by molar-refractivity contribution is 0.244. The molecule has 0 fully saturated rings. The van der Waals surface area contributed by atoms with Gasteiger partial charge >= 0.3 is 0 Å². The van der Waals surface area contributed by atoms with E-state index >= 15 is 0 Å². The van der Waals surface area contributed by atoms with Crippen LogP contribution in [0.3, 0.4) is 0 Å². The van der Waals surface area contributed by atoms with Crippen molar-refractivity contribution < 1.29 is 5.11 Å². The molecule has 15 heavy (non-hydrogen) atoms. The van der Waals surface area contributed by atoms with E-state index in [2.05, 4.69) is 25.1 Å². The first kappa shape index (κ1) is 12.3. The Morgan fingerprint density at radius 2 is 1.93 bits per heavy atom. The molecule has 1 aromatic carbocycles. The van der Waals surface area contributed by atoms with Gasteiger partial charge in [-0.1, -0.05) is 37.3 Å². The van der Waals surface area contributed by atoms with Crippen LogP contribution >= 0.6 is 11.8 Å². The van der Waals surface area contributed by atoms with E-state index in [1.165, 1.54) is 4.90 Å². The van der Waals surface area contributed by atoms with Crippen molar-refractivity contribution in [2.45, 2.75) is 36.5 Å². The van der Waals surface area contributed by atoms with E-state index in [-0.39, 0.29) is 6.10 Å². The summed E-state index contributed by atoms with van der Waals surface area (Å²) < 4.78 is 0. The Bertz CT molecular complexity index is 293. The molecule has 2 atom stereocenters. The minimum atomic E-state index is -0.351. The molecule has 0 heterocycles. The lowest BCUT2D eigenvalue weighted by atomic mass is 10.2. The number of thioether (sulfide) groups is 1. The van der Waals surface area contributed by atoms with Crippen LogP contribution in [0.1, 0.15) is 20.3 Å². The smallest absolute Gasteiger partial charge is 0.0693 e. The Labute approximate surface area is 96.2 Å².